The average Bonchev–Trinajstić information content (AvgIpc) is 2.97. The molecule has 2 heterocycles. The molecule has 2 aromatic carbocycles. The first-order valence-electron chi connectivity index (χ1n) is 12.8. The quantitative estimate of drug-likeness (QED) is 0.238. The Morgan fingerprint density at radius 2 is 1.93 bits per heavy atom. The molecular weight excluding hydrogens is 575 g/mol. The van der Waals surface area contributed by atoms with Gasteiger partial charge in [-0.2, -0.15) is 0 Å². The highest BCUT2D eigenvalue weighted by molar-refractivity contribution is 8.00. The van der Waals surface area contributed by atoms with Gasteiger partial charge in [0, 0.05) is 42.8 Å². The van der Waals surface area contributed by atoms with Crippen molar-refractivity contribution in [1.29, 1.82) is 0 Å². The minimum Gasteiger partial charge on any atom is -0.491 e. The van der Waals surface area contributed by atoms with Crippen LogP contribution >= 0.6 is 23.7 Å². The fraction of sp³-hybridized carbons (Fsp3) is 0.519. The number of hydrogen-bond donors (Lipinski definition) is 1. The molecule has 3 aliphatic rings. The molecule has 6 nitrogen and oxygen atoms in total. The van der Waals surface area contributed by atoms with Crippen LogP contribution in [-0.2, 0) is 9.53 Å². The van der Waals surface area contributed by atoms with E-state index in [1.165, 1.54) is 35.8 Å². The Kier molecular flexibility index (Phi) is 8.47. The van der Waals surface area contributed by atoms with E-state index >= 15 is 0 Å². The Balaban J connectivity index is 1.52. The van der Waals surface area contributed by atoms with Crippen molar-refractivity contribution in [1.82, 2.24) is 4.31 Å². The summed E-state index contributed by atoms with van der Waals surface area (Å²) < 4.78 is 80.5. The number of likely N-dealkylation sites (N-methyl/N-ethyl adjacent to an activating group) is 1. The van der Waals surface area contributed by atoms with Crippen molar-refractivity contribution in [3.63, 3.8) is 0 Å². The fourth-order valence-corrected chi connectivity index (χ4v) is 7.31. The molecule has 0 aromatic heterocycles. The number of ether oxygens (including phenoxy) is 2. The van der Waals surface area contributed by atoms with Gasteiger partial charge >= 0.3 is 5.97 Å². The van der Waals surface area contributed by atoms with E-state index in [0.717, 1.165) is 0 Å². The van der Waals surface area contributed by atoms with Crippen LogP contribution in [0.3, 0.4) is 0 Å². The normalized spacial score (nSPS) is 22.3. The molecule has 2 aromatic rings. The number of hydrogen-bond acceptors (Lipinski definition) is 7. The van der Waals surface area contributed by atoms with Crippen LogP contribution in [0.4, 0.5) is 33.3 Å². The van der Waals surface area contributed by atoms with E-state index in [9.17, 15) is 31.9 Å². The molecule has 1 aliphatic carbocycles. The van der Waals surface area contributed by atoms with Gasteiger partial charge in [0.1, 0.15) is 23.6 Å². The van der Waals surface area contributed by atoms with Crippen LogP contribution in [0.2, 0.25) is 0 Å². The highest BCUT2D eigenvalue weighted by Crippen LogP contribution is 2.52. The number of benzene rings is 2. The van der Waals surface area contributed by atoms with Gasteiger partial charge < -0.3 is 19.5 Å². The number of aliphatic carboxylic acids is 1. The second kappa shape index (κ2) is 11.6. The molecule has 0 spiro atoms. The summed E-state index contributed by atoms with van der Waals surface area (Å²) in [4.78, 5) is 15.1. The van der Waals surface area contributed by atoms with Gasteiger partial charge in [-0.15, -0.1) is 11.8 Å². The lowest BCUT2D eigenvalue weighted by Crippen LogP contribution is -2.53. The summed E-state index contributed by atoms with van der Waals surface area (Å²) in [6.45, 7) is 0.188. The molecule has 2 aliphatic heterocycles. The molecular formula is C27H29F5N2O4S2. The van der Waals surface area contributed by atoms with Crippen LogP contribution < -0.4 is 9.64 Å². The Bertz CT molecular complexity index is 1220. The zero-order valence-corrected chi connectivity index (χ0v) is 23.3. The highest BCUT2D eigenvalue weighted by atomic mass is 32.2. The smallest absolute Gasteiger partial charge is 0.317 e. The maximum absolute atomic E-state index is 13.8. The predicted octanol–water partition coefficient (Wildman–Crippen LogP) is 6.70. The number of thioether (sulfide) groups is 1. The molecule has 1 atom stereocenters. The third kappa shape index (κ3) is 6.32. The van der Waals surface area contributed by atoms with Gasteiger partial charge in [0.05, 0.1) is 28.7 Å². The number of rotatable bonds is 10. The first-order chi connectivity index (χ1) is 18.9. The summed E-state index contributed by atoms with van der Waals surface area (Å²) in [5, 5.41) is 9.35. The lowest BCUT2D eigenvalue weighted by atomic mass is 9.87. The van der Waals surface area contributed by atoms with Crippen molar-refractivity contribution in [2.75, 3.05) is 38.3 Å². The van der Waals surface area contributed by atoms with Crippen LogP contribution in [0.15, 0.2) is 46.2 Å². The minimum atomic E-state index is -2.72. The van der Waals surface area contributed by atoms with Crippen LogP contribution in [0.5, 0.6) is 5.75 Å². The molecule has 1 saturated carbocycles. The molecule has 40 heavy (non-hydrogen) atoms. The second-order valence-corrected chi connectivity index (χ2v) is 13.0. The largest absolute Gasteiger partial charge is 0.491 e. The molecule has 1 saturated heterocycles. The monoisotopic (exact) mass is 604 g/mol. The van der Waals surface area contributed by atoms with E-state index in [1.54, 1.807) is 18.2 Å². The predicted molar refractivity (Wildman–Crippen MR) is 143 cm³/mol. The first-order valence-corrected chi connectivity index (χ1v) is 14.5. The van der Waals surface area contributed by atoms with E-state index in [2.05, 4.69) is 0 Å². The molecule has 0 bridgehead atoms. The van der Waals surface area contributed by atoms with Gasteiger partial charge in [0.25, 0.3) is 0 Å². The van der Waals surface area contributed by atoms with E-state index in [-0.39, 0.29) is 56.8 Å². The number of halogens is 5. The van der Waals surface area contributed by atoms with Crippen molar-refractivity contribution in [3.05, 3.63) is 42.2 Å². The van der Waals surface area contributed by atoms with Gasteiger partial charge in [0.2, 0.25) is 12.3 Å². The van der Waals surface area contributed by atoms with Crippen LogP contribution in [0, 0.1) is 11.2 Å². The number of alkyl halides is 4. The number of carboxylic acids is 1. The lowest BCUT2D eigenvalue weighted by molar-refractivity contribution is -0.185. The second-order valence-electron chi connectivity index (χ2n) is 10.5. The zero-order valence-electron chi connectivity index (χ0n) is 21.6. The lowest BCUT2D eigenvalue weighted by Gasteiger charge is -2.37. The number of nitrogens with zero attached hydrogens (tertiary/aromatic N) is 2. The highest BCUT2D eigenvalue weighted by Gasteiger charge is 2.48. The van der Waals surface area contributed by atoms with Gasteiger partial charge in [-0.05, 0) is 61.8 Å². The summed E-state index contributed by atoms with van der Waals surface area (Å²) >= 11 is 2.58. The van der Waals surface area contributed by atoms with Crippen molar-refractivity contribution in [2.24, 2.45) is 5.41 Å². The minimum absolute atomic E-state index is 0.00620. The molecule has 0 radical (unpaired) electrons. The summed E-state index contributed by atoms with van der Waals surface area (Å²) in [5.41, 5.74) is 0.156. The Morgan fingerprint density at radius 1 is 1.23 bits per heavy atom. The molecule has 1 N–H and O–H groups in total. The van der Waals surface area contributed by atoms with E-state index in [4.69, 9.17) is 9.47 Å². The topological polar surface area (TPSA) is 62.2 Å². The summed E-state index contributed by atoms with van der Waals surface area (Å²) in [6.07, 6.45) is -3.08. The van der Waals surface area contributed by atoms with Crippen LogP contribution in [0.1, 0.15) is 25.7 Å². The number of carboxylic acid groups (broad SMARTS) is 1. The van der Waals surface area contributed by atoms with Gasteiger partial charge in [-0.1, -0.05) is 0 Å². The summed E-state index contributed by atoms with van der Waals surface area (Å²) in [6, 6.07) is 9.13. The maximum atomic E-state index is 13.8. The molecule has 0 amide bonds. The maximum Gasteiger partial charge on any atom is 0.317 e. The van der Waals surface area contributed by atoms with Crippen molar-refractivity contribution >= 4 is 41.1 Å². The summed E-state index contributed by atoms with van der Waals surface area (Å²) in [5.74, 6) is -3.83. The average molecular weight is 605 g/mol. The molecule has 1 unspecified atom stereocenters. The third-order valence-corrected chi connectivity index (χ3v) is 9.73. The van der Waals surface area contributed by atoms with Crippen molar-refractivity contribution in [2.45, 2.75) is 59.1 Å². The number of fused-ring (bicyclic) bond motifs is 1. The first kappa shape index (κ1) is 29.3. The van der Waals surface area contributed by atoms with Crippen molar-refractivity contribution in [3.8, 4) is 5.75 Å². The Morgan fingerprint density at radius 3 is 2.50 bits per heavy atom. The molecule has 13 heteroatoms. The third-order valence-electron chi connectivity index (χ3n) is 7.38. The van der Waals surface area contributed by atoms with Crippen molar-refractivity contribution < 1.29 is 41.3 Å². The van der Waals surface area contributed by atoms with E-state index < -0.39 is 29.5 Å². The van der Waals surface area contributed by atoms with E-state index in [0.29, 0.717) is 33.5 Å². The van der Waals surface area contributed by atoms with Crippen LogP contribution in [-0.4, -0.2) is 72.4 Å². The summed E-state index contributed by atoms with van der Waals surface area (Å²) in [7, 11) is 1.81. The van der Waals surface area contributed by atoms with Gasteiger partial charge in [-0.3, -0.25) is 4.79 Å². The molecule has 2 fully saturated rings. The fourth-order valence-electron chi connectivity index (χ4n) is 4.83. The Labute approximate surface area is 237 Å². The number of anilines is 2. The van der Waals surface area contributed by atoms with Gasteiger partial charge in [0.15, 0.2) is 0 Å². The number of carbonyl (C=O) groups is 1. The standard InChI is InChI=1S/C27H29F5N2O4S2/c1-33-18(6-7-24(29)30)12-34(17-4-2-16(28)3-5-17)20-8-23(39-19-10-27(31,32)11-19)21(9-22(20)40-33)38-15-26(25(35)36)13-37-14-26/h2-5,8-9,18-19,24H,6-7,10-15H2,1H3,(H,35,36). The van der Waals surface area contributed by atoms with Crippen LogP contribution in [0.25, 0.3) is 0 Å². The molecule has 218 valence electrons. The zero-order chi connectivity index (χ0) is 28.7. The van der Waals surface area contributed by atoms with Gasteiger partial charge in [-0.25, -0.2) is 26.3 Å². The Hall–Kier alpha value is -2.22. The van der Waals surface area contributed by atoms with E-state index in [1.807, 2.05) is 22.3 Å². The SMILES string of the molecule is CN1Sc2cc(OCC3(C(=O)O)COC3)c(SC3CC(F)(F)C3)cc2N(c2ccc(F)cc2)CC1CCC(F)F. The molecule has 5 rings (SSSR count).